The van der Waals surface area contributed by atoms with E-state index in [9.17, 15) is 4.79 Å². The standard InChI is InChI=1S/C29H40N2O2/c1-23(2)31-17-7-12-27(22-31)26-11-6-10-25(20-26)21-29(14-18-33-19-15-29)28(32)30-16-13-24-8-4-3-5-9-24/h3-6,8-11,20,23,27H,7,12-19,21-22H2,1-2H3,(H,30,32)/t27-/m0/s1. The summed E-state index contributed by atoms with van der Waals surface area (Å²) in [6.45, 7) is 8.95. The summed E-state index contributed by atoms with van der Waals surface area (Å²) in [5, 5.41) is 3.26. The summed E-state index contributed by atoms with van der Waals surface area (Å²) >= 11 is 0. The molecule has 2 heterocycles. The van der Waals surface area contributed by atoms with Crippen molar-refractivity contribution in [3.63, 3.8) is 0 Å². The fourth-order valence-corrected chi connectivity index (χ4v) is 5.49. The van der Waals surface area contributed by atoms with E-state index in [4.69, 9.17) is 4.74 Å². The molecule has 1 atom stereocenters. The molecule has 1 N–H and O–H groups in total. The van der Waals surface area contributed by atoms with Gasteiger partial charge in [0.05, 0.1) is 5.41 Å². The van der Waals surface area contributed by atoms with Crippen molar-refractivity contribution in [1.82, 2.24) is 10.2 Å². The van der Waals surface area contributed by atoms with E-state index in [1.165, 1.54) is 36.1 Å². The van der Waals surface area contributed by atoms with Gasteiger partial charge in [0, 0.05) is 32.3 Å². The lowest BCUT2D eigenvalue weighted by Crippen LogP contribution is -2.46. The van der Waals surface area contributed by atoms with Gasteiger partial charge < -0.3 is 15.0 Å². The molecule has 0 radical (unpaired) electrons. The van der Waals surface area contributed by atoms with E-state index < -0.39 is 0 Å². The molecule has 0 saturated carbocycles. The Morgan fingerprint density at radius 1 is 1.09 bits per heavy atom. The minimum absolute atomic E-state index is 0.191. The molecule has 2 aromatic rings. The van der Waals surface area contributed by atoms with E-state index in [0.717, 1.165) is 32.2 Å². The maximum atomic E-state index is 13.4. The fraction of sp³-hybridized carbons (Fsp3) is 0.552. The lowest BCUT2D eigenvalue weighted by atomic mass is 9.74. The van der Waals surface area contributed by atoms with Gasteiger partial charge in [0.15, 0.2) is 0 Å². The third-order valence-electron chi connectivity index (χ3n) is 7.62. The van der Waals surface area contributed by atoms with Gasteiger partial charge in [-0.2, -0.15) is 0 Å². The lowest BCUT2D eigenvalue weighted by molar-refractivity contribution is -0.136. The number of piperidine rings is 1. The molecule has 0 aliphatic carbocycles. The van der Waals surface area contributed by atoms with Gasteiger partial charge in [-0.3, -0.25) is 4.79 Å². The zero-order valence-electron chi connectivity index (χ0n) is 20.4. The second-order valence-electron chi connectivity index (χ2n) is 10.2. The minimum Gasteiger partial charge on any atom is -0.381 e. The molecule has 4 nitrogen and oxygen atoms in total. The molecule has 2 aliphatic rings. The number of carbonyl (C=O) groups is 1. The molecule has 0 bridgehead atoms. The normalized spacial score (nSPS) is 21.1. The molecular formula is C29H40N2O2. The number of ether oxygens (including phenoxy) is 1. The van der Waals surface area contributed by atoms with Crippen molar-refractivity contribution in [3.05, 3.63) is 71.3 Å². The number of amides is 1. The maximum Gasteiger partial charge on any atom is 0.226 e. The minimum atomic E-state index is -0.371. The highest BCUT2D eigenvalue weighted by Gasteiger charge is 2.40. The van der Waals surface area contributed by atoms with Crippen LogP contribution in [0.2, 0.25) is 0 Å². The Hall–Kier alpha value is -2.17. The number of rotatable bonds is 8. The number of hydrogen-bond acceptors (Lipinski definition) is 3. The topological polar surface area (TPSA) is 41.6 Å². The fourth-order valence-electron chi connectivity index (χ4n) is 5.49. The van der Waals surface area contributed by atoms with Gasteiger partial charge in [-0.15, -0.1) is 0 Å². The van der Waals surface area contributed by atoms with E-state index in [1.54, 1.807) is 0 Å². The first kappa shape index (κ1) is 24.0. The molecule has 4 rings (SSSR count). The number of hydrogen-bond donors (Lipinski definition) is 1. The summed E-state index contributed by atoms with van der Waals surface area (Å²) in [6, 6.07) is 20.0. The number of benzene rings is 2. The van der Waals surface area contributed by atoms with E-state index in [2.05, 4.69) is 72.6 Å². The van der Waals surface area contributed by atoms with Gasteiger partial charge in [-0.05, 0) is 81.5 Å². The third-order valence-corrected chi connectivity index (χ3v) is 7.62. The van der Waals surface area contributed by atoms with Crippen molar-refractivity contribution >= 4 is 5.91 Å². The van der Waals surface area contributed by atoms with Crippen molar-refractivity contribution in [2.24, 2.45) is 5.41 Å². The predicted octanol–water partition coefficient (Wildman–Crippen LogP) is 4.97. The van der Waals surface area contributed by atoms with Crippen LogP contribution in [0.3, 0.4) is 0 Å². The number of carbonyl (C=O) groups excluding carboxylic acids is 1. The summed E-state index contributed by atoms with van der Waals surface area (Å²) in [5.74, 6) is 0.780. The Kier molecular flexibility index (Phi) is 8.21. The van der Waals surface area contributed by atoms with Crippen LogP contribution in [0.15, 0.2) is 54.6 Å². The van der Waals surface area contributed by atoms with E-state index in [0.29, 0.717) is 31.7 Å². The second-order valence-corrected chi connectivity index (χ2v) is 10.2. The average molecular weight is 449 g/mol. The van der Waals surface area contributed by atoms with Gasteiger partial charge >= 0.3 is 0 Å². The number of likely N-dealkylation sites (tertiary alicyclic amines) is 1. The van der Waals surface area contributed by atoms with E-state index >= 15 is 0 Å². The SMILES string of the molecule is CC(C)N1CCC[C@H](c2cccc(CC3(C(=O)NCCc4ccccc4)CCOCC3)c2)C1. The van der Waals surface area contributed by atoms with E-state index in [-0.39, 0.29) is 11.3 Å². The quantitative estimate of drug-likeness (QED) is 0.620. The van der Waals surface area contributed by atoms with Crippen LogP contribution in [0.25, 0.3) is 0 Å². The molecule has 0 spiro atoms. The van der Waals surface area contributed by atoms with Crippen LogP contribution in [0.1, 0.15) is 62.1 Å². The summed E-state index contributed by atoms with van der Waals surface area (Å²) < 4.78 is 5.65. The molecule has 1 amide bonds. The molecular weight excluding hydrogens is 408 g/mol. The molecule has 0 unspecified atom stereocenters. The summed E-state index contributed by atoms with van der Waals surface area (Å²) in [6.07, 6.45) is 5.76. The lowest BCUT2D eigenvalue weighted by Gasteiger charge is -2.37. The molecule has 2 aromatic carbocycles. The molecule has 0 aromatic heterocycles. The summed E-state index contributed by atoms with van der Waals surface area (Å²) in [4.78, 5) is 16.0. The molecule has 4 heteroatoms. The highest BCUT2D eigenvalue weighted by Crippen LogP contribution is 2.36. The van der Waals surface area contributed by atoms with Crippen LogP contribution < -0.4 is 5.32 Å². The maximum absolute atomic E-state index is 13.4. The molecule has 2 saturated heterocycles. The van der Waals surface area contributed by atoms with Crippen LogP contribution >= 0.6 is 0 Å². The van der Waals surface area contributed by atoms with Gasteiger partial charge in [0.2, 0.25) is 5.91 Å². The average Bonchev–Trinajstić information content (AvgIpc) is 2.85. The zero-order valence-corrected chi connectivity index (χ0v) is 20.4. The van der Waals surface area contributed by atoms with Crippen LogP contribution in [-0.4, -0.2) is 49.7 Å². The van der Waals surface area contributed by atoms with Crippen LogP contribution in [-0.2, 0) is 22.4 Å². The van der Waals surface area contributed by atoms with Crippen molar-refractivity contribution in [3.8, 4) is 0 Å². The van der Waals surface area contributed by atoms with Crippen LogP contribution in [0.5, 0.6) is 0 Å². The Morgan fingerprint density at radius 2 is 1.85 bits per heavy atom. The molecule has 178 valence electrons. The van der Waals surface area contributed by atoms with E-state index in [1.807, 2.05) is 6.07 Å². The Balaban J connectivity index is 1.43. The first-order chi connectivity index (χ1) is 16.1. The van der Waals surface area contributed by atoms with Gasteiger partial charge in [0.1, 0.15) is 0 Å². The monoisotopic (exact) mass is 448 g/mol. The van der Waals surface area contributed by atoms with Crippen molar-refractivity contribution < 1.29 is 9.53 Å². The van der Waals surface area contributed by atoms with Crippen LogP contribution in [0.4, 0.5) is 0 Å². The van der Waals surface area contributed by atoms with Crippen molar-refractivity contribution in [1.29, 1.82) is 0 Å². The number of nitrogens with one attached hydrogen (secondary N) is 1. The second kappa shape index (κ2) is 11.3. The smallest absolute Gasteiger partial charge is 0.226 e. The van der Waals surface area contributed by atoms with Gasteiger partial charge in [-0.25, -0.2) is 0 Å². The highest BCUT2D eigenvalue weighted by atomic mass is 16.5. The van der Waals surface area contributed by atoms with Crippen LogP contribution in [0, 0.1) is 5.41 Å². The largest absolute Gasteiger partial charge is 0.381 e. The predicted molar refractivity (Wildman–Crippen MR) is 134 cm³/mol. The number of nitrogens with zero attached hydrogens (tertiary/aromatic N) is 1. The summed E-state index contributed by atoms with van der Waals surface area (Å²) in [7, 11) is 0. The van der Waals surface area contributed by atoms with Crippen molar-refractivity contribution in [2.75, 3.05) is 32.8 Å². The molecule has 2 fully saturated rings. The molecule has 2 aliphatic heterocycles. The Morgan fingerprint density at radius 3 is 2.61 bits per heavy atom. The molecule has 33 heavy (non-hydrogen) atoms. The Bertz CT molecular complexity index is 890. The third kappa shape index (κ3) is 6.24. The highest BCUT2D eigenvalue weighted by molar-refractivity contribution is 5.83. The Labute approximate surface area is 199 Å². The van der Waals surface area contributed by atoms with Gasteiger partial charge in [0.25, 0.3) is 0 Å². The van der Waals surface area contributed by atoms with Crippen molar-refractivity contribution in [2.45, 2.75) is 64.3 Å². The zero-order chi connectivity index (χ0) is 23.1. The summed E-state index contributed by atoms with van der Waals surface area (Å²) in [5.41, 5.74) is 3.61. The first-order valence-corrected chi connectivity index (χ1v) is 12.8. The first-order valence-electron chi connectivity index (χ1n) is 12.8. The van der Waals surface area contributed by atoms with Gasteiger partial charge in [-0.1, -0.05) is 54.6 Å².